The number of benzene rings is 2. The van der Waals surface area contributed by atoms with E-state index < -0.39 is 11.6 Å². The Morgan fingerprint density at radius 1 is 0.975 bits per heavy atom. The number of carbonyl (C=O) groups excluding carboxylic acids is 1. The first kappa shape index (κ1) is 31.3. The van der Waals surface area contributed by atoms with E-state index in [9.17, 15) is 13.6 Å². The van der Waals surface area contributed by atoms with Crippen molar-refractivity contribution in [3.63, 3.8) is 0 Å². The molecule has 0 radical (unpaired) electrons. The summed E-state index contributed by atoms with van der Waals surface area (Å²) in [4.78, 5) is 21.1. The summed E-state index contributed by atoms with van der Waals surface area (Å²) >= 11 is 6.25. The van der Waals surface area contributed by atoms with E-state index in [-0.39, 0.29) is 49.4 Å². The molecule has 4 aromatic rings. The zero-order valence-corrected chi connectivity index (χ0v) is 24.0. The van der Waals surface area contributed by atoms with Crippen molar-refractivity contribution in [2.75, 3.05) is 24.5 Å². The number of aromatic nitrogens is 3. The zero-order chi connectivity index (χ0) is 26.6. The third-order valence-electron chi connectivity index (χ3n) is 6.40. The van der Waals surface area contributed by atoms with Gasteiger partial charge in [0, 0.05) is 59.8 Å². The summed E-state index contributed by atoms with van der Waals surface area (Å²) in [5.41, 5.74) is 2.77. The van der Waals surface area contributed by atoms with Crippen LogP contribution in [0.15, 0.2) is 66.9 Å². The molecule has 1 fully saturated rings. The van der Waals surface area contributed by atoms with Crippen LogP contribution in [0.4, 0.5) is 14.6 Å². The molecule has 12 heteroatoms. The van der Waals surface area contributed by atoms with E-state index in [2.05, 4.69) is 9.88 Å². The Balaban J connectivity index is 0.00000220. The predicted octanol–water partition coefficient (Wildman–Crippen LogP) is 5.84. The molecule has 0 unspecified atom stereocenters. The first-order valence-electron chi connectivity index (χ1n) is 12.2. The van der Waals surface area contributed by atoms with Gasteiger partial charge >= 0.3 is 0 Å². The smallest absolute Gasteiger partial charge is 0.242 e. The van der Waals surface area contributed by atoms with Gasteiger partial charge in [-0.1, -0.05) is 17.7 Å². The van der Waals surface area contributed by atoms with E-state index >= 15 is 0 Å². The maximum Gasteiger partial charge on any atom is 0.242 e. The maximum atomic E-state index is 14.1. The number of aryl methyl sites for hydroxylation is 1. The molecule has 1 saturated heterocycles. The number of hydrogen-bond acceptors (Lipinski definition) is 5. The minimum atomic E-state index is -0.669. The highest BCUT2D eigenvalue weighted by molar-refractivity contribution is 6.30. The number of pyridine rings is 1. The van der Waals surface area contributed by atoms with E-state index in [0.29, 0.717) is 42.8 Å². The van der Waals surface area contributed by atoms with Crippen LogP contribution in [0.5, 0.6) is 5.75 Å². The van der Waals surface area contributed by atoms with Gasteiger partial charge in [0.25, 0.3) is 0 Å². The second-order valence-electron chi connectivity index (χ2n) is 9.16. The molecule has 0 bridgehead atoms. The summed E-state index contributed by atoms with van der Waals surface area (Å²) < 4.78 is 35.0. The molecule has 212 valence electrons. The normalized spacial score (nSPS) is 13.5. The van der Waals surface area contributed by atoms with E-state index in [4.69, 9.17) is 21.4 Å². The van der Waals surface area contributed by atoms with Crippen molar-refractivity contribution >= 4 is 48.1 Å². The molecular formula is C28H28Cl3F2N5O2. The Labute approximate surface area is 248 Å². The number of hydrogen-bond donors (Lipinski definition) is 0. The first-order valence-corrected chi connectivity index (χ1v) is 12.6. The number of piperazine rings is 1. The number of carbonyl (C=O) groups is 1. The van der Waals surface area contributed by atoms with Gasteiger partial charge in [-0.2, -0.15) is 5.10 Å². The average molecular weight is 611 g/mol. The van der Waals surface area contributed by atoms with Crippen LogP contribution < -0.4 is 9.64 Å². The monoisotopic (exact) mass is 609 g/mol. The van der Waals surface area contributed by atoms with Gasteiger partial charge in [-0.05, 0) is 49.4 Å². The summed E-state index contributed by atoms with van der Waals surface area (Å²) in [5.74, 6) is -0.240. The van der Waals surface area contributed by atoms with E-state index in [0.717, 1.165) is 23.0 Å². The van der Waals surface area contributed by atoms with Gasteiger partial charge in [0.1, 0.15) is 24.0 Å². The second kappa shape index (κ2) is 13.9. The van der Waals surface area contributed by atoms with Crippen molar-refractivity contribution in [1.29, 1.82) is 0 Å². The third kappa shape index (κ3) is 7.48. The van der Waals surface area contributed by atoms with Crippen LogP contribution >= 0.6 is 36.4 Å². The van der Waals surface area contributed by atoms with Gasteiger partial charge in [-0.3, -0.25) is 24.3 Å². The Morgan fingerprint density at radius 3 is 2.52 bits per heavy atom. The van der Waals surface area contributed by atoms with Crippen LogP contribution in [0.1, 0.15) is 22.5 Å². The summed E-state index contributed by atoms with van der Waals surface area (Å²) in [6.07, 6.45) is 1.75. The van der Waals surface area contributed by atoms with Crippen LogP contribution in [0.3, 0.4) is 0 Å². The first-order chi connectivity index (χ1) is 18.4. The fourth-order valence-electron chi connectivity index (χ4n) is 4.37. The molecule has 0 spiro atoms. The third-order valence-corrected chi connectivity index (χ3v) is 6.63. The molecule has 40 heavy (non-hydrogen) atoms. The quantitative estimate of drug-likeness (QED) is 0.251. The highest BCUT2D eigenvalue weighted by atomic mass is 35.5. The highest BCUT2D eigenvalue weighted by Crippen LogP contribution is 2.27. The Morgan fingerprint density at radius 2 is 1.80 bits per heavy atom. The number of rotatable bonds is 8. The lowest BCUT2D eigenvalue weighted by molar-refractivity contribution is -0.121. The van der Waals surface area contributed by atoms with E-state index in [1.807, 2.05) is 31.2 Å². The number of ether oxygens (including phenoxy) is 1. The average Bonchev–Trinajstić information content (AvgIpc) is 3.24. The molecule has 7 nitrogen and oxygen atoms in total. The lowest BCUT2D eigenvalue weighted by atomic mass is 10.2. The van der Waals surface area contributed by atoms with Crippen LogP contribution in [0.2, 0.25) is 5.02 Å². The van der Waals surface area contributed by atoms with Crippen molar-refractivity contribution in [1.82, 2.24) is 19.7 Å². The lowest BCUT2D eigenvalue weighted by Crippen LogP contribution is -2.50. The summed E-state index contributed by atoms with van der Waals surface area (Å²) in [7, 11) is 0. The van der Waals surface area contributed by atoms with Crippen LogP contribution in [0, 0.1) is 18.6 Å². The summed E-state index contributed by atoms with van der Waals surface area (Å²) in [5, 5.41) is 5.21. The van der Waals surface area contributed by atoms with Crippen molar-refractivity contribution < 1.29 is 18.3 Å². The van der Waals surface area contributed by atoms with Crippen LogP contribution in [0.25, 0.3) is 0 Å². The van der Waals surface area contributed by atoms with Crippen LogP contribution in [-0.2, 0) is 24.5 Å². The van der Waals surface area contributed by atoms with Crippen molar-refractivity contribution in [3.05, 3.63) is 106 Å². The number of anilines is 1. The molecular weight excluding hydrogens is 583 g/mol. The van der Waals surface area contributed by atoms with E-state index in [1.54, 1.807) is 34.0 Å². The molecule has 1 aliphatic heterocycles. The molecule has 2 aromatic carbocycles. The fraction of sp³-hybridized carbons (Fsp3) is 0.250. The van der Waals surface area contributed by atoms with E-state index in [1.165, 1.54) is 12.1 Å². The standard InChI is InChI=1S/C28H26ClF2N5O2.2ClH/c1-19-12-27(35-11-10-34(17-28(35)37)16-24-4-2-3-9-32-24)33-36(19)15-21-13-22(29)6-8-26(21)38-18-20-5-7-23(30)14-25(20)31;;/h2-9,12-14H,10-11,15-18H2,1H3;2*1H. The highest BCUT2D eigenvalue weighted by Gasteiger charge is 2.27. The van der Waals surface area contributed by atoms with Crippen molar-refractivity contribution in [2.45, 2.75) is 26.6 Å². The molecule has 0 aliphatic carbocycles. The molecule has 0 saturated carbocycles. The molecule has 1 aliphatic rings. The van der Waals surface area contributed by atoms with Crippen molar-refractivity contribution in [2.24, 2.45) is 0 Å². The largest absolute Gasteiger partial charge is 0.488 e. The van der Waals surface area contributed by atoms with Gasteiger partial charge in [0.15, 0.2) is 5.82 Å². The lowest BCUT2D eigenvalue weighted by Gasteiger charge is -2.32. The minimum Gasteiger partial charge on any atom is -0.488 e. The SMILES string of the molecule is Cc1cc(N2CCN(Cc3ccccn3)CC2=O)nn1Cc1cc(Cl)ccc1OCc1ccc(F)cc1F.Cl.Cl. The van der Waals surface area contributed by atoms with Gasteiger partial charge < -0.3 is 4.74 Å². The Kier molecular flexibility index (Phi) is 10.9. The molecule has 2 aromatic heterocycles. The Bertz CT molecular complexity index is 1460. The molecule has 0 atom stereocenters. The number of halogens is 5. The second-order valence-corrected chi connectivity index (χ2v) is 9.59. The number of nitrogens with zero attached hydrogens (tertiary/aromatic N) is 5. The van der Waals surface area contributed by atoms with Crippen LogP contribution in [-0.4, -0.2) is 45.2 Å². The number of amides is 1. The van der Waals surface area contributed by atoms with Gasteiger partial charge in [0.2, 0.25) is 5.91 Å². The minimum absolute atomic E-state index is 0. The molecule has 1 amide bonds. The Hall–Kier alpha value is -3.24. The van der Waals surface area contributed by atoms with Gasteiger partial charge in [-0.15, -0.1) is 24.8 Å². The molecule has 3 heterocycles. The van der Waals surface area contributed by atoms with Gasteiger partial charge in [-0.25, -0.2) is 8.78 Å². The molecule has 0 N–H and O–H groups in total. The van der Waals surface area contributed by atoms with Gasteiger partial charge in [0.05, 0.1) is 18.8 Å². The van der Waals surface area contributed by atoms with Crippen molar-refractivity contribution in [3.8, 4) is 5.75 Å². The molecule has 5 rings (SSSR count). The fourth-order valence-corrected chi connectivity index (χ4v) is 4.57. The topological polar surface area (TPSA) is 63.5 Å². The maximum absolute atomic E-state index is 14.1. The zero-order valence-electron chi connectivity index (χ0n) is 21.6. The summed E-state index contributed by atoms with van der Waals surface area (Å²) in [6.45, 7) is 4.32. The predicted molar refractivity (Wildman–Crippen MR) is 155 cm³/mol. The summed E-state index contributed by atoms with van der Waals surface area (Å²) in [6, 6.07) is 16.2.